The third-order valence-corrected chi connectivity index (χ3v) is 4.55. The third kappa shape index (κ3) is 4.04. The molecule has 2 atom stereocenters. The first-order chi connectivity index (χ1) is 12.3. The van der Waals surface area contributed by atoms with Crippen molar-refractivity contribution in [3.05, 3.63) is 35.4 Å². The Morgan fingerprint density at radius 3 is 2.62 bits per heavy atom. The normalized spacial score (nSPS) is 22.5. The molecule has 0 aliphatic carbocycles. The largest absolute Gasteiger partial charge is 0.350 e. The van der Waals surface area contributed by atoms with E-state index >= 15 is 0 Å². The third-order valence-electron chi connectivity index (χ3n) is 4.55. The predicted molar refractivity (Wildman–Crippen MR) is 100 cm³/mol. The molecule has 1 aromatic carbocycles. The van der Waals surface area contributed by atoms with Crippen molar-refractivity contribution < 1.29 is 9.59 Å². The first-order valence-electron chi connectivity index (χ1n) is 9.06. The van der Waals surface area contributed by atoms with Crippen LogP contribution in [0.1, 0.15) is 51.3 Å². The molecule has 2 N–H and O–H groups in total. The molecule has 140 valence electrons. The summed E-state index contributed by atoms with van der Waals surface area (Å²) >= 11 is 0. The summed E-state index contributed by atoms with van der Waals surface area (Å²) in [6.07, 6.45) is 3.24. The second kappa shape index (κ2) is 7.07. The zero-order valence-electron chi connectivity index (χ0n) is 15.8. The van der Waals surface area contributed by atoms with E-state index in [2.05, 4.69) is 47.0 Å². The van der Waals surface area contributed by atoms with Gasteiger partial charge in [0.1, 0.15) is 18.9 Å². The molecule has 26 heavy (non-hydrogen) atoms. The summed E-state index contributed by atoms with van der Waals surface area (Å²) in [7, 11) is 0. The van der Waals surface area contributed by atoms with Gasteiger partial charge in [-0.05, 0) is 44.7 Å². The summed E-state index contributed by atoms with van der Waals surface area (Å²) in [6.45, 7) is 7.78. The van der Waals surface area contributed by atoms with Gasteiger partial charge in [-0.25, -0.2) is 10.4 Å². The molecule has 2 unspecified atom stereocenters. The molecule has 2 heterocycles. The molecule has 1 aromatic rings. The Labute approximate surface area is 154 Å². The molecule has 2 amide bonds. The highest BCUT2D eigenvalue weighted by atomic mass is 16.2. The number of carbonyl (C=O) groups excluding carboxylic acids is 2. The average molecular weight is 357 g/mol. The first kappa shape index (κ1) is 18.4. The molecule has 0 spiro atoms. The number of nitrogens with zero attached hydrogens (tertiary/aromatic N) is 3. The zero-order valence-corrected chi connectivity index (χ0v) is 15.8. The van der Waals surface area contributed by atoms with Crippen LogP contribution in [0.3, 0.4) is 0 Å². The molecule has 7 nitrogen and oxygen atoms in total. The van der Waals surface area contributed by atoms with Crippen LogP contribution in [0.15, 0.2) is 29.4 Å². The Morgan fingerprint density at radius 1 is 1.31 bits per heavy atom. The summed E-state index contributed by atoms with van der Waals surface area (Å²) in [5.74, 6) is -0.370. The van der Waals surface area contributed by atoms with E-state index in [0.717, 1.165) is 12.0 Å². The predicted octanol–water partition coefficient (Wildman–Crippen LogP) is 1.57. The summed E-state index contributed by atoms with van der Waals surface area (Å²) in [6, 6.07) is 8.16. The molecule has 7 heteroatoms. The molecule has 2 aliphatic rings. The van der Waals surface area contributed by atoms with E-state index < -0.39 is 0 Å². The number of rotatable bonds is 4. The molecule has 0 radical (unpaired) electrons. The number of hydrogen-bond donors (Lipinski definition) is 2. The minimum Gasteiger partial charge on any atom is -0.350 e. The summed E-state index contributed by atoms with van der Waals surface area (Å²) in [5, 5.41) is 10.0. The Kier molecular flexibility index (Phi) is 5.00. The Hall–Kier alpha value is -2.41. The van der Waals surface area contributed by atoms with Crippen LogP contribution in [0.2, 0.25) is 0 Å². The Bertz CT molecular complexity index is 708. The van der Waals surface area contributed by atoms with Gasteiger partial charge in [-0.2, -0.15) is 5.10 Å². The number of hydrogen-bond acceptors (Lipinski definition) is 5. The van der Waals surface area contributed by atoms with Crippen LogP contribution in [-0.4, -0.2) is 46.3 Å². The van der Waals surface area contributed by atoms with Gasteiger partial charge in [0.05, 0.1) is 6.04 Å². The standard InChI is InChI=1S/C19H27N5O2/c1-5-13-6-8-14(9-7-13)15-10-16-18(26)23(20-12-24(16)22-15)11-17(25)21-19(2,3)4/h6-9,12,15-16,22H,5,10-11H2,1-4H3,(H,21,25). The van der Waals surface area contributed by atoms with Gasteiger partial charge in [-0.3, -0.25) is 14.6 Å². The molecule has 2 aliphatic heterocycles. The molecule has 0 bridgehead atoms. The van der Waals surface area contributed by atoms with Crippen molar-refractivity contribution in [2.24, 2.45) is 5.10 Å². The fourth-order valence-electron chi connectivity index (χ4n) is 3.25. The van der Waals surface area contributed by atoms with Crippen molar-refractivity contribution >= 4 is 18.2 Å². The van der Waals surface area contributed by atoms with E-state index in [1.807, 2.05) is 20.8 Å². The van der Waals surface area contributed by atoms with Crippen molar-refractivity contribution in [2.45, 2.75) is 58.2 Å². The number of nitrogens with one attached hydrogen (secondary N) is 2. The highest BCUT2D eigenvalue weighted by Gasteiger charge is 2.41. The second-order valence-corrected chi connectivity index (χ2v) is 7.86. The minimum absolute atomic E-state index is 0.0599. The maximum Gasteiger partial charge on any atom is 0.267 e. The van der Waals surface area contributed by atoms with Crippen molar-refractivity contribution in [1.82, 2.24) is 20.8 Å². The fraction of sp³-hybridized carbons (Fsp3) is 0.526. The van der Waals surface area contributed by atoms with Gasteiger partial charge < -0.3 is 5.32 Å². The van der Waals surface area contributed by atoms with Gasteiger partial charge in [0, 0.05) is 5.54 Å². The van der Waals surface area contributed by atoms with Crippen LogP contribution in [0, 0.1) is 0 Å². The van der Waals surface area contributed by atoms with E-state index in [0.29, 0.717) is 6.42 Å². The van der Waals surface area contributed by atoms with Gasteiger partial charge in [0.25, 0.3) is 5.91 Å². The van der Waals surface area contributed by atoms with Gasteiger partial charge in [0.2, 0.25) is 5.91 Å². The van der Waals surface area contributed by atoms with E-state index in [-0.39, 0.29) is 36.0 Å². The van der Waals surface area contributed by atoms with Crippen LogP contribution in [0.5, 0.6) is 0 Å². The van der Waals surface area contributed by atoms with Gasteiger partial charge in [-0.15, -0.1) is 0 Å². The molecular formula is C19H27N5O2. The second-order valence-electron chi connectivity index (χ2n) is 7.86. The SMILES string of the molecule is CCc1ccc(C2CC3C(=O)N(CC(=O)NC(C)(C)C)N=CN3N2)cc1. The number of fused-ring (bicyclic) bond motifs is 1. The van der Waals surface area contributed by atoms with Crippen molar-refractivity contribution in [2.75, 3.05) is 6.54 Å². The lowest BCUT2D eigenvalue weighted by Crippen LogP contribution is -2.53. The number of benzene rings is 1. The van der Waals surface area contributed by atoms with E-state index in [9.17, 15) is 9.59 Å². The molecule has 0 aromatic heterocycles. The molecule has 1 saturated heterocycles. The van der Waals surface area contributed by atoms with Gasteiger partial charge >= 0.3 is 0 Å². The van der Waals surface area contributed by atoms with E-state index in [4.69, 9.17) is 0 Å². The molecular weight excluding hydrogens is 330 g/mol. The first-order valence-corrected chi connectivity index (χ1v) is 9.06. The number of hydrazone groups is 1. The maximum atomic E-state index is 12.7. The van der Waals surface area contributed by atoms with Crippen molar-refractivity contribution in [1.29, 1.82) is 0 Å². The highest BCUT2D eigenvalue weighted by molar-refractivity contribution is 5.91. The van der Waals surface area contributed by atoms with Gasteiger partial charge in [0.15, 0.2) is 0 Å². The van der Waals surface area contributed by atoms with Crippen molar-refractivity contribution in [3.63, 3.8) is 0 Å². The summed E-state index contributed by atoms with van der Waals surface area (Å²) < 4.78 is 0. The lowest BCUT2D eigenvalue weighted by molar-refractivity contribution is -0.140. The average Bonchev–Trinajstić information content (AvgIpc) is 3.01. The van der Waals surface area contributed by atoms with E-state index in [1.165, 1.54) is 10.6 Å². The molecule has 1 fully saturated rings. The monoisotopic (exact) mass is 357 g/mol. The van der Waals surface area contributed by atoms with Crippen LogP contribution < -0.4 is 10.7 Å². The zero-order chi connectivity index (χ0) is 18.9. The summed E-state index contributed by atoms with van der Waals surface area (Å²) in [5.41, 5.74) is 5.43. The number of amides is 2. The van der Waals surface area contributed by atoms with Crippen LogP contribution in [-0.2, 0) is 16.0 Å². The smallest absolute Gasteiger partial charge is 0.267 e. The quantitative estimate of drug-likeness (QED) is 0.858. The molecule has 0 saturated carbocycles. The lowest BCUT2D eigenvalue weighted by Gasteiger charge is -2.30. The number of aryl methyl sites for hydroxylation is 1. The molecule has 3 rings (SSSR count). The Morgan fingerprint density at radius 2 is 2.00 bits per heavy atom. The fourth-order valence-corrected chi connectivity index (χ4v) is 3.25. The lowest BCUT2D eigenvalue weighted by atomic mass is 9.99. The van der Waals surface area contributed by atoms with Gasteiger partial charge in [-0.1, -0.05) is 31.2 Å². The minimum atomic E-state index is -0.342. The summed E-state index contributed by atoms with van der Waals surface area (Å²) in [4.78, 5) is 24.8. The van der Waals surface area contributed by atoms with Crippen LogP contribution in [0.25, 0.3) is 0 Å². The number of hydrazine groups is 1. The highest BCUT2D eigenvalue weighted by Crippen LogP contribution is 2.29. The number of carbonyl (C=O) groups is 2. The van der Waals surface area contributed by atoms with Crippen LogP contribution >= 0.6 is 0 Å². The van der Waals surface area contributed by atoms with Crippen molar-refractivity contribution in [3.8, 4) is 0 Å². The van der Waals surface area contributed by atoms with E-state index in [1.54, 1.807) is 11.3 Å². The Balaban J connectivity index is 1.65. The van der Waals surface area contributed by atoms with Crippen LogP contribution in [0.4, 0.5) is 0 Å². The topological polar surface area (TPSA) is 77.0 Å². The maximum absolute atomic E-state index is 12.7.